The molecular formula is C31H25FN4OS. The zero-order valence-corrected chi connectivity index (χ0v) is 21.5. The Bertz CT molecular complexity index is 1590. The van der Waals surface area contributed by atoms with Crippen LogP contribution < -0.4 is 15.0 Å². The fraction of sp³-hybridized carbons (Fsp3) is 0.0968. The Balaban J connectivity index is 1.40. The minimum atomic E-state index is -0.287. The standard InChI is InChI=1S/C31H25FN4OS/c1-21-8-2-3-13-28(21)37-25-16-14-23(15-17-25)36-30(29(34-31(36)38)26-11-4-5-18-33-26)27-12-7-19-35(27)24-10-6-9-22(32)20-24/h2-20,29-30H,1H3,(H,34,38). The first-order chi connectivity index (χ1) is 18.6. The molecule has 2 unspecified atom stereocenters. The molecule has 3 heterocycles. The van der Waals surface area contributed by atoms with Crippen molar-refractivity contribution in [1.82, 2.24) is 14.9 Å². The molecule has 1 aliphatic heterocycles. The van der Waals surface area contributed by atoms with Gasteiger partial charge in [-0.2, -0.15) is 0 Å². The molecule has 0 aliphatic carbocycles. The monoisotopic (exact) mass is 520 g/mol. The summed E-state index contributed by atoms with van der Waals surface area (Å²) < 4.78 is 22.3. The molecule has 1 N–H and O–H groups in total. The van der Waals surface area contributed by atoms with E-state index in [9.17, 15) is 4.39 Å². The number of nitrogens with zero attached hydrogens (tertiary/aromatic N) is 3. The summed E-state index contributed by atoms with van der Waals surface area (Å²) in [6.07, 6.45) is 3.72. The number of aryl methyl sites for hydroxylation is 1. The number of benzene rings is 3. The molecule has 0 radical (unpaired) electrons. The van der Waals surface area contributed by atoms with Crippen LogP contribution in [0.15, 0.2) is 116 Å². The zero-order valence-electron chi connectivity index (χ0n) is 20.7. The number of anilines is 1. The van der Waals surface area contributed by atoms with Crippen LogP contribution >= 0.6 is 12.2 Å². The van der Waals surface area contributed by atoms with Crippen molar-refractivity contribution in [3.05, 3.63) is 138 Å². The lowest BCUT2D eigenvalue weighted by atomic mass is 10.0. The van der Waals surface area contributed by atoms with Gasteiger partial charge in [0, 0.05) is 29.5 Å². The number of hydrogen-bond donors (Lipinski definition) is 1. The van der Waals surface area contributed by atoms with E-state index in [0.29, 0.717) is 5.11 Å². The van der Waals surface area contributed by atoms with Gasteiger partial charge in [0.1, 0.15) is 23.4 Å². The SMILES string of the molecule is Cc1ccccc1Oc1ccc(N2C(=S)NC(c3ccccn3)C2c2cccn2-c2cccc(F)c2)cc1. The Kier molecular flexibility index (Phi) is 6.35. The fourth-order valence-electron chi connectivity index (χ4n) is 4.90. The van der Waals surface area contributed by atoms with Gasteiger partial charge in [0.15, 0.2) is 5.11 Å². The van der Waals surface area contributed by atoms with Crippen molar-refractivity contribution >= 4 is 23.0 Å². The van der Waals surface area contributed by atoms with Gasteiger partial charge < -0.3 is 19.5 Å². The zero-order chi connectivity index (χ0) is 26.1. The van der Waals surface area contributed by atoms with Crippen molar-refractivity contribution in [2.45, 2.75) is 19.0 Å². The number of pyridine rings is 1. The van der Waals surface area contributed by atoms with Gasteiger partial charge in [-0.3, -0.25) is 4.98 Å². The largest absolute Gasteiger partial charge is 0.457 e. The van der Waals surface area contributed by atoms with E-state index < -0.39 is 0 Å². The molecule has 1 aliphatic rings. The molecule has 1 saturated heterocycles. The van der Waals surface area contributed by atoms with Gasteiger partial charge >= 0.3 is 0 Å². The number of rotatable bonds is 6. The van der Waals surface area contributed by atoms with Crippen LogP contribution in [0, 0.1) is 12.7 Å². The molecule has 5 nitrogen and oxygen atoms in total. The molecule has 2 atom stereocenters. The number of para-hydroxylation sites is 1. The lowest BCUT2D eigenvalue weighted by Gasteiger charge is -2.29. The van der Waals surface area contributed by atoms with Crippen molar-refractivity contribution in [2.75, 3.05) is 4.90 Å². The quantitative estimate of drug-likeness (QED) is 0.238. The van der Waals surface area contributed by atoms with Crippen molar-refractivity contribution in [1.29, 1.82) is 0 Å². The summed E-state index contributed by atoms with van der Waals surface area (Å²) in [7, 11) is 0. The molecule has 7 heteroatoms. The summed E-state index contributed by atoms with van der Waals surface area (Å²) in [5.74, 6) is 1.27. The lowest BCUT2D eigenvalue weighted by molar-refractivity contribution is 0.479. The van der Waals surface area contributed by atoms with Gasteiger partial charge in [-0.1, -0.05) is 30.3 Å². The van der Waals surface area contributed by atoms with E-state index in [1.165, 1.54) is 12.1 Å². The smallest absolute Gasteiger partial charge is 0.174 e. The van der Waals surface area contributed by atoms with Gasteiger partial charge in [-0.05, 0) is 97.5 Å². The van der Waals surface area contributed by atoms with Crippen LogP contribution in [0.4, 0.5) is 10.1 Å². The molecule has 3 aromatic carbocycles. The Labute approximate surface area is 226 Å². The minimum Gasteiger partial charge on any atom is -0.457 e. The summed E-state index contributed by atoms with van der Waals surface area (Å²) >= 11 is 5.87. The number of halogens is 1. The number of aromatic nitrogens is 2. The van der Waals surface area contributed by atoms with E-state index in [1.807, 2.05) is 103 Å². The lowest BCUT2D eigenvalue weighted by Crippen LogP contribution is -2.30. The van der Waals surface area contributed by atoms with E-state index in [4.69, 9.17) is 17.0 Å². The van der Waals surface area contributed by atoms with Gasteiger partial charge in [0.05, 0.1) is 11.7 Å². The molecular weight excluding hydrogens is 495 g/mol. The van der Waals surface area contributed by atoms with Crippen LogP contribution in [-0.2, 0) is 0 Å². The van der Waals surface area contributed by atoms with E-state index in [1.54, 1.807) is 12.3 Å². The third-order valence-electron chi connectivity index (χ3n) is 6.70. The Morgan fingerprint density at radius 3 is 2.45 bits per heavy atom. The first kappa shape index (κ1) is 23.9. The summed E-state index contributed by atoms with van der Waals surface area (Å²) in [5, 5.41) is 4.07. The normalized spacial score (nSPS) is 16.9. The molecule has 0 saturated carbocycles. The van der Waals surface area contributed by atoms with Crippen LogP contribution in [0.2, 0.25) is 0 Å². The van der Waals surface area contributed by atoms with Crippen LogP contribution in [0.1, 0.15) is 29.0 Å². The van der Waals surface area contributed by atoms with E-state index in [-0.39, 0.29) is 17.9 Å². The molecule has 6 rings (SSSR count). The van der Waals surface area contributed by atoms with Gasteiger partial charge in [-0.25, -0.2) is 4.39 Å². The Hall–Kier alpha value is -4.49. The summed E-state index contributed by atoms with van der Waals surface area (Å²) in [6, 6.07) is 31.8. The summed E-state index contributed by atoms with van der Waals surface area (Å²) in [5.41, 5.74) is 4.55. The molecule has 0 spiro atoms. The van der Waals surface area contributed by atoms with Crippen LogP contribution in [0.3, 0.4) is 0 Å². The second-order valence-electron chi connectivity index (χ2n) is 9.14. The average Bonchev–Trinajstić information content (AvgIpc) is 3.55. The van der Waals surface area contributed by atoms with Crippen molar-refractivity contribution in [2.24, 2.45) is 0 Å². The number of ether oxygens (including phenoxy) is 1. The topological polar surface area (TPSA) is 42.3 Å². The minimum absolute atomic E-state index is 0.214. The second-order valence-corrected chi connectivity index (χ2v) is 9.53. The number of nitrogens with one attached hydrogen (secondary N) is 1. The Morgan fingerprint density at radius 1 is 0.868 bits per heavy atom. The first-order valence-electron chi connectivity index (χ1n) is 12.4. The maximum atomic E-state index is 14.2. The molecule has 1 fully saturated rings. The average molecular weight is 521 g/mol. The third kappa shape index (κ3) is 4.53. The third-order valence-corrected chi connectivity index (χ3v) is 7.02. The number of hydrogen-bond acceptors (Lipinski definition) is 3. The maximum absolute atomic E-state index is 14.2. The van der Waals surface area contributed by atoms with Gasteiger partial charge in [-0.15, -0.1) is 0 Å². The molecule has 5 aromatic rings. The highest BCUT2D eigenvalue weighted by Crippen LogP contribution is 2.42. The maximum Gasteiger partial charge on any atom is 0.174 e. The van der Waals surface area contributed by atoms with Crippen LogP contribution in [0.5, 0.6) is 11.5 Å². The van der Waals surface area contributed by atoms with Crippen molar-refractivity contribution in [3.63, 3.8) is 0 Å². The predicted octanol–water partition coefficient (Wildman–Crippen LogP) is 7.29. The highest BCUT2D eigenvalue weighted by Gasteiger charge is 2.42. The van der Waals surface area contributed by atoms with Gasteiger partial charge in [0.25, 0.3) is 0 Å². The summed E-state index contributed by atoms with van der Waals surface area (Å²) in [6.45, 7) is 2.02. The highest BCUT2D eigenvalue weighted by atomic mass is 32.1. The molecule has 188 valence electrons. The van der Waals surface area contributed by atoms with Crippen molar-refractivity contribution < 1.29 is 9.13 Å². The first-order valence-corrected chi connectivity index (χ1v) is 12.8. The second kappa shape index (κ2) is 10.1. The predicted molar refractivity (Wildman–Crippen MR) is 151 cm³/mol. The van der Waals surface area contributed by atoms with Crippen molar-refractivity contribution in [3.8, 4) is 17.2 Å². The molecule has 38 heavy (non-hydrogen) atoms. The van der Waals surface area contributed by atoms with Crippen LogP contribution in [-0.4, -0.2) is 14.7 Å². The number of thiocarbonyl (C=S) groups is 1. The van der Waals surface area contributed by atoms with E-state index >= 15 is 0 Å². The highest BCUT2D eigenvalue weighted by molar-refractivity contribution is 7.80. The summed E-state index contributed by atoms with van der Waals surface area (Å²) in [4.78, 5) is 6.73. The van der Waals surface area contributed by atoms with Gasteiger partial charge in [0.2, 0.25) is 0 Å². The molecule has 0 amide bonds. The fourth-order valence-corrected chi connectivity index (χ4v) is 5.25. The molecule has 0 bridgehead atoms. The van der Waals surface area contributed by atoms with E-state index in [0.717, 1.165) is 39.8 Å². The Morgan fingerprint density at radius 2 is 1.68 bits per heavy atom. The van der Waals surface area contributed by atoms with E-state index in [2.05, 4.69) is 15.2 Å². The molecule has 2 aromatic heterocycles. The van der Waals surface area contributed by atoms with Crippen LogP contribution in [0.25, 0.3) is 5.69 Å².